The summed E-state index contributed by atoms with van der Waals surface area (Å²) >= 11 is 13.7. The predicted octanol–water partition coefficient (Wildman–Crippen LogP) is 5.62. The van der Waals surface area contributed by atoms with Gasteiger partial charge in [-0.3, -0.25) is 4.79 Å². The number of halogens is 2. The highest BCUT2D eigenvalue weighted by molar-refractivity contribution is 7.18. The maximum Gasteiger partial charge on any atom is 0.253 e. The first-order valence-electron chi connectivity index (χ1n) is 8.21. The van der Waals surface area contributed by atoms with Crippen molar-refractivity contribution in [3.8, 4) is 0 Å². The number of hydrogen-bond donors (Lipinski definition) is 0. The molecule has 6 heteroatoms. The second-order valence-electron chi connectivity index (χ2n) is 6.24. The normalized spacial score (nSPS) is 15.7. The maximum absolute atomic E-state index is 12.6. The lowest BCUT2D eigenvalue weighted by molar-refractivity contribution is 0.0713. The molecule has 128 valence electrons. The van der Waals surface area contributed by atoms with Gasteiger partial charge in [-0.2, -0.15) is 0 Å². The summed E-state index contributed by atoms with van der Waals surface area (Å²) in [4.78, 5) is 19.3. The van der Waals surface area contributed by atoms with Crippen LogP contribution >= 0.6 is 34.5 Å². The predicted molar refractivity (Wildman–Crippen MR) is 104 cm³/mol. The van der Waals surface area contributed by atoms with Crippen molar-refractivity contribution in [3.63, 3.8) is 0 Å². The Morgan fingerprint density at radius 1 is 1.04 bits per heavy atom. The zero-order valence-electron chi connectivity index (χ0n) is 13.4. The second-order valence-corrected chi connectivity index (χ2v) is 8.17. The molecule has 0 bridgehead atoms. The Morgan fingerprint density at radius 3 is 2.44 bits per heavy atom. The van der Waals surface area contributed by atoms with Gasteiger partial charge in [-0.1, -0.05) is 23.2 Å². The third-order valence-electron chi connectivity index (χ3n) is 4.59. The molecule has 2 heterocycles. The summed E-state index contributed by atoms with van der Waals surface area (Å²) in [5.41, 5.74) is 1.66. The largest absolute Gasteiger partial charge is 0.339 e. The third kappa shape index (κ3) is 3.52. The van der Waals surface area contributed by atoms with Gasteiger partial charge in [0.15, 0.2) is 0 Å². The number of thiazole rings is 1. The lowest BCUT2D eigenvalue weighted by Crippen LogP contribution is -2.37. The average Bonchev–Trinajstić information content (AvgIpc) is 3.05. The van der Waals surface area contributed by atoms with E-state index in [0.717, 1.165) is 36.5 Å². The van der Waals surface area contributed by atoms with Crippen LogP contribution in [0.1, 0.15) is 34.1 Å². The molecule has 0 atom stereocenters. The van der Waals surface area contributed by atoms with E-state index in [1.807, 2.05) is 23.1 Å². The zero-order valence-corrected chi connectivity index (χ0v) is 15.7. The molecule has 1 aliphatic heterocycles. The highest BCUT2D eigenvalue weighted by Gasteiger charge is 2.26. The molecule has 25 heavy (non-hydrogen) atoms. The summed E-state index contributed by atoms with van der Waals surface area (Å²) in [6.45, 7) is 1.51. The smallest absolute Gasteiger partial charge is 0.253 e. The van der Waals surface area contributed by atoms with Crippen LogP contribution in [0.15, 0.2) is 42.5 Å². The van der Waals surface area contributed by atoms with E-state index in [-0.39, 0.29) is 5.91 Å². The van der Waals surface area contributed by atoms with Gasteiger partial charge in [-0.05, 0) is 55.3 Å². The van der Waals surface area contributed by atoms with Gasteiger partial charge in [0.1, 0.15) is 0 Å². The van der Waals surface area contributed by atoms with Crippen molar-refractivity contribution in [3.05, 3.63) is 63.1 Å². The molecule has 1 aliphatic rings. The van der Waals surface area contributed by atoms with Crippen LogP contribution in [0.25, 0.3) is 10.2 Å². The number of carbonyl (C=O) groups is 1. The van der Waals surface area contributed by atoms with Crippen molar-refractivity contribution >= 4 is 50.7 Å². The lowest BCUT2D eigenvalue weighted by atomic mass is 9.97. The highest BCUT2D eigenvalue weighted by Crippen LogP contribution is 2.35. The van der Waals surface area contributed by atoms with Gasteiger partial charge in [0.05, 0.1) is 15.2 Å². The van der Waals surface area contributed by atoms with Crippen LogP contribution in [0, 0.1) is 0 Å². The number of nitrogens with zero attached hydrogens (tertiary/aromatic N) is 2. The van der Waals surface area contributed by atoms with Crippen molar-refractivity contribution in [1.29, 1.82) is 0 Å². The Hall–Kier alpha value is -1.62. The quantitative estimate of drug-likeness (QED) is 0.568. The Kier molecular flexibility index (Phi) is 4.67. The number of hydrogen-bond acceptors (Lipinski definition) is 3. The molecule has 2 aromatic carbocycles. The van der Waals surface area contributed by atoms with Crippen LogP contribution in [0.3, 0.4) is 0 Å². The molecule has 3 aromatic rings. The fourth-order valence-electron chi connectivity index (χ4n) is 3.20. The zero-order chi connectivity index (χ0) is 17.4. The number of amides is 1. The average molecular weight is 391 g/mol. The highest BCUT2D eigenvalue weighted by atomic mass is 35.5. The Morgan fingerprint density at radius 2 is 1.72 bits per heavy atom. The first-order chi connectivity index (χ1) is 12.1. The molecule has 0 spiro atoms. The molecule has 1 fully saturated rings. The van der Waals surface area contributed by atoms with Crippen molar-refractivity contribution in [1.82, 2.24) is 9.88 Å². The van der Waals surface area contributed by atoms with E-state index < -0.39 is 0 Å². The number of aromatic nitrogens is 1. The fourth-order valence-corrected chi connectivity index (χ4v) is 4.61. The standard InChI is InChI=1S/C19H16Cl2N2OS/c20-14-3-1-13(2-4-14)19(24)23-9-7-12(8-10-23)18-22-16-11-15(21)5-6-17(16)25-18/h1-6,11-12H,7-10H2. The van der Waals surface area contributed by atoms with Crippen LogP contribution in [-0.4, -0.2) is 28.9 Å². The summed E-state index contributed by atoms with van der Waals surface area (Å²) in [7, 11) is 0. The maximum atomic E-state index is 12.6. The Bertz CT molecular complexity index is 915. The number of rotatable bonds is 2. The van der Waals surface area contributed by atoms with Crippen LogP contribution in [-0.2, 0) is 0 Å². The van der Waals surface area contributed by atoms with Crippen LogP contribution in [0.4, 0.5) is 0 Å². The molecule has 0 aliphatic carbocycles. The monoisotopic (exact) mass is 390 g/mol. The van der Waals surface area contributed by atoms with Crippen LogP contribution in [0.2, 0.25) is 10.0 Å². The molecule has 0 radical (unpaired) electrons. The first-order valence-corrected chi connectivity index (χ1v) is 9.78. The van der Waals surface area contributed by atoms with Gasteiger partial charge in [0, 0.05) is 34.6 Å². The van der Waals surface area contributed by atoms with E-state index in [1.165, 1.54) is 4.70 Å². The molecule has 0 saturated carbocycles. The van der Waals surface area contributed by atoms with Crippen molar-refractivity contribution in [2.45, 2.75) is 18.8 Å². The van der Waals surface area contributed by atoms with Crippen LogP contribution in [0.5, 0.6) is 0 Å². The van der Waals surface area contributed by atoms with Gasteiger partial charge in [-0.25, -0.2) is 4.98 Å². The summed E-state index contributed by atoms with van der Waals surface area (Å²) in [6.07, 6.45) is 1.87. The molecule has 4 rings (SSSR count). The topological polar surface area (TPSA) is 33.2 Å². The number of likely N-dealkylation sites (tertiary alicyclic amines) is 1. The van der Waals surface area contributed by atoms with Gasteiger partial charge >= 0.3 is 0 Å². The number of carbonyl (C=O) groups excluding carboxylic acids is 1. The SMILES string of the molecule is O=C(c1ccc(Cl)cc1)N1CCC(c2nc3cc(Cl)ccc3s2)CC1. The number of fused-ring (bicyclic) bond motifs is 1. The minimum Gasteiger partial charge on any atom is -0.339 e. The van der Waals surface area contributed by atoms with Crippen LogP contribution < -0.4 is 0 Å². The van der Waals surface area contributed by atoms with E-state index in [9.17, 15) is 4.79 Å². The van der Waals surface area contributed by atoms with Crippen molar-refractivity contribution in [2.75, 3.05) is 13.1 Å². The minimum atomic E-state index is 0.0752. The van der Waals surface area contributed by atoms with Gasteiger partial charge in [0.25, 0.3) is 5.91 Å². The van der Waals surface area contributed by atoms with Gasteiger partial charge in [-0.15, -0.1) is 11.3 Å². The molecule has 3 nitrogen and oxygen atoms in total. The molecular weight excluding hydrogens is 375 g/mol. The van der Waals surface area contributed by atoms with E-state index in [4.69, 9.17) is 28.2 Å². The van der Waals surface area contributed by atoms with Crippen molar-refractivity contribution < 1.29 is 4.79 Å². The van der Waals surface area contributed by atoms with E-state index in [1.54, 1.807) is 35.6 Å². The molecule has 0 N–H and O–H groups in total. The Balaban J connectivity index is 1.45. The molecular formula is C19H16Cl2N2OS. The van der Waals surface area contributed by atoms with Crippen molar-refractivity contribution in [2.24, 2.45) is 0 Å². The van der Waals surface area contributed by atoms with Gasteiger partial charge < -0.3 is 4.90 Å². The summed E-state index contributed by atoms with van der Waals surface area (Å²) in [5.74, 6) is 0.483. The van der Waals surface area contributed by atoms with E-state index in [0.29, 0.717) is 21.5 Å². The number of benzene rings is 2. The molecule has 1 aromatic heterocycles. The van der Waals surface area contributed by atoms with Gasteiger partial charge in [0.2, 0.25) is 0 Å². The number of piperidine rings is 1. The van der Waals surface area contributed by atoms with E-state index >= 15 is 0 Å². The fraction of sp³-hybridized carbons (Fsp3) is 0.263. The molecule has 1 saturated heterocycles. The molecule has 0 unspecified atom stereocenters. The first kappa shape index (κ1) is 16.8. The summed E-state index contributed by atoms with van der Waals surface area (Å²) < 4.78 is 1.17. The second kappa shape index (κ2) is 6.94. The third-order valence-corrected chi connectivity index (χ3v) is 6.27. The Labute approximate surface area is 160 Å². The van der Waals surface area contributed by atoms with E-state index in [2.05, 4.69) is 0 Å². The summed E-state index contributed by atoms with van der Waals surface area (Å²) in [6, 6.07) is 12.9. The lowest BCUT2D eigenvalue weighted by Gasteiger charge is -2.31. The molecule has 1 amide bonds. The minimum absolute atomic E-state index is 0.0752. The summed E-state index contributed by atoms with van der Waals surface area (Å²) in [5, 5.41) is 2.51.